The third kappa shape index (κ3) is 2.97. The predicted molar refractivity (Wildman–Crippen MR) is 79.9 cm³/mol. The number of hydrogen-bond acceptors (Lipinski definition) is 1. The van der Waals surface area contributed by atoms with Gasteiger partial charge in [-0.25, -0.2) is 0 Å². The summed E-state index contributed by atoms with van der Waals surface area (Å²) in [6.07, 6.45) is 0. The highest BCUT2D eigenvalue weighted by molar-refractivity contribution is 7.66. The van der Waals surface area contributed by atoms with Gasteiger partial charge in [-0.3, -0.25) is 4.57 Å². The van der Waals surface area contributed by atoms with Gasteiger partial charge in [-0.1, -0.05) is 62.4 Å². The molecule has 0 fully saturated rings. The third-order valence-electron chi connectivity index (χ3n) is 3.28. The van der Waals surface area contributed by atoms with Crippen molar-refractivity contribution in [2.75, 3.05) is 0 Å². The summed E-state index contributed by atoms with van der Waals surface area (Å²) in [6.45, 7) is 3.98. The molecule has 2 nitrogen and oxygen atoms in total. The van der Waals surface area contributed by atoms with E-state index in [-0.39, 0.29) is 11.6 Å². The Balaban J connectivity index is 2.49. The second-order valence-electron chi connectivity index (χ2n) is 5.06. The minimum atomic E-state index is -3.43. The zero-order valence-electron chi connectivity index (χ0n) is 11.2. The molecule has 2 aromatic rings. The van der Waals surface area contributed by atoms with Crippen molar-refractivity contribution >= 4 is 12.7 Å². The molecule has 0 spiro atoms. The highest BCUT2D eigenvalue weighted by atomic mass is 31.2. The molecule has 1 N–H and O–H groups in total. The van der Waals surface area contributed by atoms with E-state index in [1.54, 1.807) is 24.3 Å². The Labute approximate surface area is 114 Å². The summed E-state index contributed by atoms with van der Waals surface area (Å²) in [5, 5.41) is 0.526. The fourth-order valence-corrected chi connectivity index (χ4v) is 4.75. The van der Waals surface area contributed by atoms with Crippen LogP contribution >= 0.6 is 7.37 Å². The summed E-state index contributed by atoms with van der Waals surface area (Å²) < 4.78 is 12.9. The fourth-order valence-electron chi connectivity index (χ4n) is 2.44. The smallest absolute Gasteiger partial charge is 0.237 e. The summed E-state index contributed by atoms with van der Waals surface area (Å²) in [4.78, 5) is 10.6. The van der Waals surface area contributed by atoms with Crippen molar-refractivity contribution in [3.05, 3.63) is 66.2 Å². The molecular weight excluding hydrogens is 255 g/mol. The molecule has 0 aromatic heterocycles. The lowest BCUT2D eigenvalue weighted by Gasteiger charge is -2.27. The summed E-state index contributed by atoms with van der Waals surface area (Å²) >= 11 is 0. The highest BCUT2D eigenvalue weighted by Crippen LogP contribution is 2.57. The molecule has 100 valence electrons. The first-order valence-electron chi connectivity index (χ1n) is 6.46. The average Bonchev–Trinajstić information content (AvgIpc) is 2.40. The van der Waals surface area contributed by atoms with Crippen LogP contribution in [0.1, 0.15) is 25.1 Å². The number of hydrogen-bond donors (Lipinski definition) is 1. The Bertz CT molecular complexity index is 564. The predicted octanol–water partition coefficient (Wildman–Crippen LogP) is 3.98. The van der Waals surface area contributed by atoms with E-state index < -0.39 is 7.37 Å². The minimum Gasteiger partial charge on any atom is -0.341 e. The summed E-state index contributed by atoms with van der Waals surface area (Å²) in [5.41, 5.74) is 0.559. The normalized spacial score (nSPS) is 16.0. The van der Waals surface area contributed by atoms with Gasteiger partial charge in [-0.05, 0) is 23.6 Å². The topological polar surface area (TPSA) is 37.3 Å². The molecule has 0 aliphatic rings. The molecular formula is C16H19O2P. The van der Waals surface area contributed by atoms with Gasteiger partial charge in [-0.15, -0.1) is 0 Å². The number of benzene rings is 2. The summed E-state index contributed by atoms with van der Waals surface area (Å²) in [6, 6.07) is 18.5. The van der Waals surface area contributed by atoms with Gasteiger partial charge in [0, 0.05) is 5.30 Å². The van der Waals surface area contributed by atoms with Crippen molar-refractivity contribution in [1.29, 1.82) is 0 Å². The Kier molecular flexibility index (Phi) is 4.24. The Morgan fingerprint density at radius 3 is 1.84 bits per heavy atom. The van der Waals surface area contributed by atoms with Crippen LogP contribution in [0.3, 0.4) is 0 Å². The van der Waals surface area contributed by atoms with Crippen LogP contribution in [0.5, 0.6) is 0 Å². The molecule has 2 unspecified atom stereocenters. The van der Waals surface area contributed by atoms with Crippen LogP contribution in [0.2, 0.25) is 0 Å². The maximum Gasteiger partial charge on any atom is 0.237 e. The van der Waals surface area contributed by atoms with Gasteiger partial charge in [0.2, 0.25) is 7.37 Å². The first kappa shape index (κ1) is 14.0. The standard InChI is InChI=1S/C16H19O2P/c1-13(2)16(14-9-5-3-6-10-14)19(17,18)15-11-7-4-8-12-15/h3-13,16H,1-2H3,(H,17,18). The summed E-state index contributed by atoms with van der Waals surface area (Å²) in [5.74, 6) is 0.0958. The molecule has 2 rings (SSSR count). The van der Waals surface area contributed by atoms with Crippen LogP contribution in [0, 0.1) is 5.92 Å². The van der Waals surface area contributed by atoms with Gasteiger partial charge < -0.3 is 4.89 Å². The van der Waals surface area contributed by atoms with E-state index in [2.05, 4.69) is 0 Å². The largest absolute Gasteiger partial charge is 0.341 e. The zero-order chi connectivity index (χ0) is 13.9. The van der Waals surface area contributed by atoms with Gasteiger partial charge in [0.15, 0.2) is 0 Å². The fraction of sp³-hybridized carbons (Fsp3) is 0.250. The number of rotatable bonds is 4. The van der Waals surface area contributed by atoms with Crippen LogP contribution in [0.4, 0.5) is 0 Å². The molecule has 19 heavy (non-hydrogen) atoms. The minimum absolute atomic E-state index is 0.0958. The summed E-state index contributed by atoms with van der Waals surface area (Å²) in [7, 11) is -3.43. The maximum absolute atomic E-state index is 12.9. The van der Waals surface area contributed by atoms with Crippen molar-refractivity contribution in [3.63, 3.8) is 0 Å². The van der Waals surface area contributed by atoms with Crippen molar-refractivity contribution in [1.82, 2.24) is 0 Å². The lowest BCUT2D eigenvalue weighted by atomic mass is 10.0. The first-order valence-corrected chi connectivity index (χ1v) is 8.19. The molecule has 3 heteroatoms. The van der Waals surface area contributed by atoms with E-state index in [0.717, 1.165) is 5.56 Å². The zero-order valence-corrected chi connectivity index (χ0v) is 12.1. The van der Waals surface area contributed by atoms with Crippen molar-refractivity contribution in [2.24, 2.45) is 5.92 Å². The lowest BCUT2D eigenvalue weighted by Crippen LogP contribution is -2.15. The van der Waals surface area contributed by atoms with E-state index in [4.69, 9.17) is 0 Å². The second-order valence-corrected chi connectivity index (χ2v) is 7.38. The molecule has 0 bridgehead atoms. The Morgan fingerprint density at radius 2 is 1.37 bits per heavy atom. The van der Waals surface area contributed by atoms with Gasteiger partial charge in [-0.2, -0.15) is 0 Å². The molecule has 0 heterocycles. The van der Waals surface area contributed by atoms with Gasteiger partial charge in [0.1, 0.15) is 0 Å². The third-order valence-corrected chi connectivity index (χ3v) is 5.96. The molecule has 0 aliphatic carbocycles. The second kappa shape index (κ2) is 5.73. The molecule has 2 atom stereocenters. The van der Waals surface area contributed by atoms with Crippen LogP contribution in [-0.4, -0.2) is 4.89 Å². The molecule has 0 aliphatic heterocycles. The van der Waals surface area contributed by atoms with E-state index in [1.165, 1.54) is 0 Å². The highest BCUT2D eigenvalue weighted by Gasteiger charge is 2.36. The van der Waals surface area contributed by atoms with E-state index >= 15 is 0 Å². The maximum atomic E-state index is 12.9. The van der Waals surface area contributed by atoms with Crippen LogP contribution in [0.25, 0.3) is 0 Å². The van der Waals surface area contributed by atoms with E-state index in [9.17, 15) is 9.46 Å². The van der Waals surface area contributed by atoms with Crippen LogP contribution in [-0.2, 0) is 4.57 Å². The SMILES string of the molecule is CC(C)C(c1ccccc1)P(=O)(O)c1ccccc1. The Morgan fingerprint density at radius 1 is 0.895 bits per heavy atom. The van der Waals surface area contributed by atoms with Gasteiger partial charge in [0.05, 0.1) is 5.66 Å². The van der Waals surface area contributed by atoms with Crippen LogP contribution < -0.4 is 5.30 Å². The van der Waals surface area contributed by atoms with Gasteiger partial charge >= 0.3 is 0 Å². The van der Waals surface area contributed by atoms with E-state index in [1.807, 2.05) is 50.2 Å². The van der Waals surface area contributed by atoms with Crippen molar-refractivity contribution < 1.29 is 9.46 Å². The van der Waals surface area contributed by atoms with Crippen molar-refractivity contribution in [3.8, 4) is 0 Å². The quantitative estimate of drug-likeness (QED) is 0.856. The first-order chi connectivity index (χ1) is 9.03. The average molecular weight is 274 g/mol. The molecule has 0 saturated heterocycles. The van der Waals surface area contributed by atoms with E-state index in [0.29, 0.717) is 5.30 Å². The van der Waals surface area contributed by atoms with Gasteiger partial charge in [0.25, 0.3) is 0 Å². The molecule has 0 saturated carbocycles. The molecule has 0 radical (unpaired) electrons. The lowest BCUT2D eigenvalue weighted by molar-refractivity contribution is 0.453. The molecule has 2 aromatic carbocycles. The monoisotopic (exact) mass is 274 g/mol. The van der Waals surface area contributed by atoms with Crippen molar-refractivity contribution in [2.45, 2.75) is 19.5 Å². The Hall–Kier alpha value is -1.37. The molecule has 0 amide bonds. The van der Waals surface area contributed by atoms with Crippen LogP contribution in [0.15, 0.2) is 60.7 Å².